The van der Waals surface area contributed by atoms with Gasteiger partial charge in [-0.15, -0.1) is 12.4 Å². The van der Waals surface area contributed by atoms with E-state index in [0.29, 0.717) is 18.7 Å². The van der Waals surface area contributed by atoms with E-state index in [0.717, 1.165) is 17.7 Å². The molecular formula is C17H19ClF3N5. The molecule has 140 valence electrons. The van der Waals surface area contributed by atoms with Crippen molar-refractivity contribution in [1.82, 2.24) is 10.6 Å². The summed E-state index contributed by atoms with van der Waals surface area (Å²) in [6.07, 6.45) is -3.68. The molecule has 0 radical (unpaired) electrons. The zero-order valence-corrected chi connectivity index (χ0v) is 14.5. The molecule has 0 aromatic heterocycles. The summed E-state index contributed by atoms with van der Waals surface area (Å²) in [5, 5.41) is 12.8. The molecule has 0 amide bonds. The average Bonchev–Trinajstić information content (AvgIpc) is 2.55. The van der Waals surface area contributed by atoms with Gasteiger partial charge < -0.3 is 11.1 Å². The molecule has 0 fully saturated rings. The van der Waals surface area contributed by atoms with Gasteiger partial charge in [-0.05, 0) is 36.2 Å². The molecule has 2 aromatic rings. The first kappa shape index (κ1) is 21.3. The van der Waals surface area contributed by atoms with E-state index in [1.54, 1.807) is 0 Å². The molecular weight excluding hydrogens is 367 g/mol. The topological polar surface area (TPSA) is 86.3 Å². The zero-order valence-electron chi connectivity index (χ0n) is 13.7. The number of nitrogens with one attached hydrogen (secondary N) is 3. The van der Waals surface area contributed by atoms with Crippen molar-refractivity contribution in [3.63, 3.8) is 0 Å². The Bertz CT molecular complexity index is 730. The Balaban J connectivity index is 0.00000338. The number of benzene rings is 2. The Labute approximate surface area is 155 Å². The molecule has 2 aromatic carbocycles. The fourth-order valence-corrected chi connectivity index (χ4v) is 2.06. The van der Waals surface area contributed by atoms with Gasteiger partial charge in [0.05, 0.1) is 11.3 Å². The lowest BCUT2D eigenvalue weighted by atomic mass is 10.1. The molecule has 2 rings (SSSR count). The van der Waals surface area contributed by atoms with Crippen molar-refractivity contribution < 1.29 is 13.2 Å². The first-order valence-electron chi connectivity index (χ1n) is 7.49. The van der Waals surface area contributed by atoms with Crippen molar-refractivity contribution in [2.24, 2.45) is 10.7 Å². The maximum atomic E-state index is 12.6. The minimum Gasteiger partial charge on any atom is -0.370 e. The summed E-state index contributed by atoms with van der Waals surface area (Å²) < 4.78 is 37.7. The predicted molar refractivity (Wildman–Crippen MR) is 99.0 cm³/mol. The Morgan fingerprint density at radius 1 is 1.04 bits per heavy atom. The van der Waals surface area contributed by atoms with E-state index in [2.05, 4.69) is 15.6 Å². The molecule has 0 aliphatic rings. The van der Waals surface area contributed by atoms with Crippen molar-refractivity contribution in [3.8, 4) is 0 Å². The first-order chi connectivity index (χ1) is 11.8. The quantitative estimate of drug-likeness (QED) is 0.480. The third kappa shape index (κ3) is 7.02. The fourth-order valence-electron chi connectivity index (χ4n) is 2.06. The molecule has 5 nitrogen and oxygen atoms in total. The van der Waals surface area contributed by atoms with Gasteiger partial charge in [-0.2, -0.15) is 13.2 Å². The van der Waals surface area contributed by atoms with Crippen molar-refractivity contribution in [1.29, 1.82) is 5.41 Å². The van der Waals surface area contributed by atoms with Crippen LogP contribution in [0, 0.1) is 5.41 Å². The van der Waals surface area contributed by atoms with Crippen LogP contribution in [0.5, 0.6) is 0 Å². The summed E-state index contributed by atoms with van der Waals surface area (Å²) in [6.45, 7) is 0.518. The van der Waals surface area contributed by atoms with Crippen LogP contribution in [0.4, 0.5) is 18.9 Å². The second kappa shape index (κ2) is 9.67. The maximum absolute atomic E-state index is 12.6. The lowest BCUT2D eigenvalue weighted by molar-refractivity contribution is -0.137. The van der Waals surface area contributed by atoms with Crippen LogP contribution in [-0.4, -0.2) is 18.5 Å². The van der Waals surface area contributed by atoms with E-state index < -0.39 is 11.7 Å². The smallest absolute Gasteiger partial charge is 0.370 e. The highest BCUT2D eigenvalue weighted by Gasteiger charge is 2.29. The van der Waals surface area contributed by atoms with Crippen LogP contribution in [0.3, 0.4) is 0 Å². The predicted octanol–water partition coefficient (Wildman–Crippen LogP) is 3.43. The maximum Gasteiger partial charge on any atom is 0.416 e. The number of alkyl halides is 3. The van der Waals surface area contributed by atoms with Gasteiger partial charge in [-0.3, -0.25) is 10.7 Å². The van der Waals surface area contributed by atoms with Gasteiger partial charge in [0.25, 0.3) is 0 Å². The van der Waals surface area contributed by atoms with Gasteiger partial charge >= 0.3 is 6.18 Å². The number of guanidine groups is 2. The summed E-state index contributed by atoms with van der Waals surface area (Å²) in [4.78, 5) is 4.16. The van der Waals surface area contributed by atoms with Crippen molar-refractivity contribution in [2.45, 2.75) is 12.6 Å². The summed E-state index contributed by atoms with van der Waals surface area (Å²) >= 11 is 0. The second-order valence-corrected chi connectivity index (χ2v) is 5.21. The van der Waals surface area contributed by atoms with E-state index in [-0.39, 0.29) is 24.3 Å². The molecule has 0 heterocycles. The normalized spacial score (nSPS) is 11.4. The molecule has 0 aliphatic carbocycles. The summed E-state index contributed by atoms with van der Waals surface area (Å²) in [5.74, 6) is -0.124. The molecule has 0 aliphatic heterocycles. The first-order valence-corrected chi connectivity index (χ1v) is 7.49. The second-order valence-electron chi connectivity index (χ2n) is 5.21. The Hall–Kier alpha value is -2.74. The molecule has 0 atom stereocenters. The van der Waals surface area contributed by atoms with Crippen LogP contribution in [0.25, 0.3) is 0 Å². The monoisotopic (exact) mass is 385 g/mol. The van der Waals surface area contributed by atoms with Crippen LogP contribution in [-0.2, 0) is 12.6 Å². The Morgan fingerprint density at radius 3 is 2.19 bits per heavy atom. The van der Waals surface area contributed by atoms with Crippen LogP contribution >= 0.6 is 12.4 Å². The van der Waals surface area contributed by atoms with E-state index in [9.17, 15) is 13.2 Å². The lowest BCUT2D eigenvalue weighted by Crippen LogP contribution is -2.44. The highest BCUT2D eigenvalue weighted by Crippen LogP contribution is 2.30. The van der Waals surface area contributed by atoms with E-state index in [4.69, 9.17) is 11.1 Å². The molecule has 5 N–H and O–H groups in total. The van der Waals surface area contributed by atoms with Gasteiger partial charge in [0, 0.05) is 6.54 Å². The van der Waals surface area contributed by atoms with Crippen molar-refractivity contribution in [2.75, 3.05) is 6.54 Å². The zero-order chi connectivity index (χ0) is 18.3. The van der Waals surface area contributed by atoms with Crippen LogP contribution in [0.15, 0.2) is 59.6 Å². The fraction of sp³-hybridized carbons (Fsp3) is 0.176. The molecule has 0 saturated heterocycles. The van der Waals surface area contributed by atoms with Crippen LogP contribution < -0.4 is 16.4 Å². The van der Waals surface area contributed by atoms with E-state index >= 15 is 0 Å². The van der Waals surface area contributed by atoms with Crippen LogP contribution in [0.1, 0.15) is 11.1 Å². The van der Waals surface area contributed by atoms with Crippen molar-refractivity contribution >= 4 is 30.0 Å². The number of aliphatic imine (C=N–C) groups is 1. The van der Waals surface area contributed by atoms with Crippen molar-refractivity contribution in [3.05, 3.63) is 65.7 Å². The van der Waals surface area contributed by atoms with Gasteiger partial charge in [0.15, 0.2) is 5.96 Å². The highest BCUT2D eigenvalue weighted by molar-refractivity contribution is 5.97. The molecule has 0 bridgehead atoms. The van der Waals surface area contributed by atoms with Gasteiger partial charge in [0.1, 0.15) is 0 Å². The molecule has 9 heteroatoms. The number of hydrogen-bond donors (Lipinski definition) is 4. The highest BCUT2D eigenvalue weighted by atomic mass is 35.5. The number of hydrogen-bond acceptors (Lipinski definition) is 2. The van der Waals surface area contributed by atoms with Crippen LogP contribution in [0.2, 0.25) is 0 Å². The SMILES string of the molecule is Cl.N=C(N)NC(=Nc1ccc(C(F)(F)F)cc1)NCCc1ccccc1. The standard InChI is InChI=1S/C17H18F3N5.ClH/c18-17(19,20)13-6-8-14(9-7-13)24-16(25-15(21)22)23-11-10-12-4-2-1-3-5-12;/h1-9H,10-11H2,(H5,21,22,23,24,25);1H. The number of rotatable bonds is 4. The number of nitrogens with zero attached hydrogens (tertiary/aromatic N) is 1. The number of nitrogens with two attached hydrogens (primary N) is 1. The summed E-state index contributed by atoms with van der Waals surface area (Å²) in [7, 11) is 0. The summed E-state index contributed by atoms with van der Waals surface area (Å²) in [5.41, 5.74) is 5.99. The molecule has 0 spiro atoms. The van der Waals surface area contributed by atoms with Gasteiger partial charge in [-0.25, -0.2) is 4.99 Å². The minimum absolute atomic E-state index is 0. The van der Waals surface area contributed by atoms with E-state index in [1.165, 1.54) is 12.1 Å². The molecule has 0 unspecified atom stereocenters. The average molecular weight is 386 g/mol. The van der Waals surface area contributed by atoms with E-state index in [1.807, 2.05) is 30.3 Å². The number of halogens is 4. The molecule has 26 heavy (non-hydrogen) atoms. The van der Waals surface area contributed by atoms with Gasteiger partial charge in [0.2, 0.25) is 5.96 Å². The molecule has 0 saturated carbocycles. The minimum atomic E-state index is -4.39. The third-order valence-electron chi connectivity index (χ3n) is 3.24. The summed E-state index contributed by atoms with van der Waals surface area (Å²) in [6, 6.07) is 14.2. The largest absolute Gasteiger partial charge is 0.416 e. The van der Waals surface area contributed by atoms with Gasteiger partial charge in [-0.1, -0.05) is 30.3 Å². The lowest BCUT2D eigenvalue weighted by Gasteiger charge is -2.12. The Morgan fingerprint density at radius 2 is 1.65 bits per heavy atom. The third-order valence-corrected chi connectivity index (χ3v) is 3.24. The Kier molecular flexibility index (Phi) is 7.92.